The molecule has 0 aliphatic carbocycles. The van der Waals surface area contributed by atoms with E-state index >= 15 is 4.39 Å². The van der Waals surface area contributed by atoms with Crippen LogP contribution in [0.15, 0.2) is 18.5 Å². The molecule has 3 rings (SSSR count). The Kier molecular flexibility index (Phi) is 11.4. The fourth-order valence-electron chi connectivity index (χ4n) is 4.28. The van der Waals surface area contributed by atoms with Crippen LogP contribution in [0.2, 0.25) is 0 Å². The van der Waals surface area contributed by atoms with Crippen LogP contribution in [-0.2, 0) is 52.0 Å². The number of carbonyl (C=O) groups is 4. The maximum atomic E-state index is 17.0. The Bertz CT molecular complexity index is 1400. The third-order valence-corrected chi connectivity index (χ3v) is 8.48. The lowest BCUT2D eigenvalue weighted by Gasteiger charge is -2.30. The number of methoxy groups -OCH3 is 2. The van der Waals surface area contributed by atoms with Gasteiger partial charge >= 0.3 is 31.5 Å². The molecule has 0 amide bonds. The summed E-state index contributed by atoms with van der Waals surface area (Å²) in [5, 5.41) is 8.87. The van der Waals surface area contributed by atoms with Gasteiger partial charge in [-0.15, -0.1) is 0 Å². The Morgan fingerprint density at radius 1 is 1.07 bits per heavy atom. The summed E-state index contributed by atoms with van der Waals surface area (Å²) in [5.74, 6) is -6.36. The van der Waals surface area contributed by atoms with Gasteiger partial charge in [-0.2, -0.15) is 5.10 Å². The first-order chi connectivity index (χ1) is 20.7. The van der Waals surface area contributed by atoms with E-state index in [0.717, 1.165) is 20.5 Å². The molecular formula is C25H36FN6O11P. The van der Waals surface area contributed by atoms with E-state index in [1.165, 1.54) is 44.3 Å². The minimum atomic E-state index is -4.52. The van der Waals surface area contributed by atoms with Gasteiger partial charge in [-0.1, -0.05) is 13.8 Å². The molecule has 4 N–H and O–H groups in total. The molecule has 2 aromatic heterocycles. The van der Waals surface area contributed by atoms with Crippen molar-refractivity contribution in [3.8, 4) is 0 Å². The molecule has 1 fully saturated rings. The molecule has 0 unspecified atom stereocenters. The first-order valence-corrected chi connectivity index (χ1v) is 15.1. The van der Waals surface area contributed by atoms with Gasteiger partial charge in [0.15, 0.2) is 11.9 Å². The number of alkyl halides is 1. The van der Waals surface area contributed by atoms with Crippen LogP contribution < -0.4 is 15.9 Å². The second-order valence-electron chi connectivity index (χ2n) is 9.67. The van der Waals surface area contributed by atoms with Crippen molar-refractivity contribution in [3.05, 3.63) is 24.2 Å². The largest absolute Gasteiger partial charge is 0.468 e. The van der Waals surface area contributed by atoms with Gasteiger partial charge in [-0.3, -0.25) is 28.3 Å². The molecule has 244 valence electrons. The number of nitrogen functional groups attached to an aromatic ring is 1. The summed E-state index contributed by atoms with van der Waals surface area (Å²) in [7, 11) is -2.34. The Morgan fingerprint density at radius 3 is 2.18 bits per heavy atom. The van der Waals surface area contributed by atoms with Gasteiger partial charge in [0.2, 0.25) is 6.10 Å². The van der Waals surface area contributed by atoms with Gasteiger partial charge in [0.05, 0.1) is 19.9 Å². The molecule has 19 heteroatoms. The molecule has 0 aromatic carbocycles. The van der Waals surface area contributed by atoms with Crippen LogP contribution in [0.5, 0.6) is 0 Å². The number of rotatable bonds is 14. The molecule has 1 saturated heterocycles. The number of ether oxygens (including phenoxy) is 5. The lowest BCUT2D eigenvalue weighted by molar-refractivity contribution is -0.208. The van der Waals surface area contributed by atoms with E-state index in [9.17, 15) is 23.7 Å². The number of hydrogen-bond acceptors (Lipinski definition) is 14. The number of nitrogens with one attached hydrogen (secondary N) is 2. The third kappa shape index (κ3) is 7.68. The number of aromatic nitrogens is 3. The molecule has 1 aliphatic rings. The molecule has 1 aliphatic heterocycles. The van der Waals surface area contributed by atoms with E-state index in [0.29, 0.717) is 5.52 Å². The first-order valence-electron chi connectivity index (χ1n) is 13.5. The van der Waals surface area contributed by atoms with Crippen molar-refractivity contribution in [2.24, 2.45) is 0 Å². The minimum Gasteiger partial charge on any atom is -0.468 e. The van der Waals surface area contributed by atoms with Crippen molar-refractivity contribution in [2.75, 3.05) is 26.6 Å². The molecule has 0 saturated carbocycles. The Morgan fingerprint density at radius 2 is 1.64 bits per heavy atom. The zero-order chi connectivity index (χ0) is 32.8. The van der Waals surface area contributed by atoms with Crippen LogP contribution in [0.25, 0.3) is 5.52 Å². The van der Waals surface area contributed by atoms with Crippen molar-refractivity contribution in [2.45, 2.75) is 76.8 Å². The van der Waals surface area contributed by atoms with E-state index in [-0.39, 0.29) is 24.4 Å². The summed E-state index contributed by atoms with van der Waals surface area (Å²) in [6, 6.07) is 0.479. The van der Waals surface area contributed by atoms with Gasteiger partial charge in [-0.25, -0.2) is 24.1 Å². The predicted octanol–water partition coefficient (Wildman–Crippen LogP) is 1.12. The highest BCUT2D eigenvalue weighted by Crippen LogP contribution is 2.48. The Labute approximate surface area is 251 Å². The maximum Gasteiger partial charge on any atom is 0.342 e. The smallest absolute Gasteiger partial charge is 0.342 e. The molecule has 17 nitrogen and oxygen atoms in total. The fourth-order valence-corrected chi connectivity index (χ4v) is 6.09. The zero-order valence-electron chi connectivity index (χ0n) is 25.0. The molecule has 44 heavy (non-hydrogen) atoms. The molecule has 2 aromatic rings. The van der Waals surface area contributed by atoms with E-state index in [4.69, 9.17) is 24.5 Å². The molecule has 0 radical (unpaired) electrons. The predicted molar refractivity (Wildman–Crippen MR) is 148 cm³/mol. The lowest BCUT2D eigenvalue weighted by atomic mass is 10.0. The number of carbonyl (C=O) groups excluding carboxylic acids is 4. The first kappa shape index (κ1) is 34.8. The summed E-state index contributed by atoms with van der Waals surface area (Å²) < 4.78 is 63.6. The van der Waals surface area contributed by atoms with Gasteiger partial charge in [0.1, 0.15) is 36.6 Å². The number of esters is 4. The van der Waals surface area contributed by atoms with Gasteiger partial charge in [-0.05, 0) is 26.0 Å². The van der Waals surface area contributed by atoms with E-state index in [1.54, 1.807) is 0 Å². The average molecular weight is 647 g/mol. The summed E-state index contributed by atoms with van der Waals surface area (Å²) in [4.78, 5) is 53.0. The number of halogens is 1. The highest BCUT2D eigenvalue weighted by Gasteiger charge is 2.62. The monoisotopic (exact) mass is 646 g/mol. The van der Waals surface area contributed by atoms with Gasteiger partial charge in [0, 0.05) is 12.8 Å². The summed E-state index contributed by atoms with van der Waals surface area (Å²) in [6.45, 7) is 4.33. The van der Waals surface area contributed by atoms with Crippen LogP contribution in [0, 0.1) is 0 Å². The normalized spacial score (nSPS) is 23.1. The van der Waals surface area contributed by atoms with Crippen LogP contribution in [0.3, 0.4) is 0 Å². The van der Waals surface area contributed by atoms with Crippen molar-refractivity contribution < 1.29 is 56.3 Å². The number of nitrogens with two attached hydrogens (primary N) is 1. The Hall–Kier alpha value is -3.70. The SMILES string of the molecule is CCC(=O)O[C@H]1[C@H](c2ccc3c(N)ncnn23)O[C@](F)(COP(=O)(N[C@@H](C)C(=O)OC)N[C@@H](C)C(=O)OC)[C@H]1OC(=O)CC. The van der Waals surface area contributed by atoms with Crippen LogP contribution in [0.1, 0.15) is 52.3 Å². The molecule has 0 spiro atoms. The van der Waals surface area contributed by atoms with Crippen LogP contribution in [-0.4, -0.2) is 89.4 Å². The number of hydrogen-bond donors (Lipinski definition) is 3. The van der Waals surface area contributed by atoms with Gasteiger partial charge < -0.3 is 29.4 Å². The zero-order valence-corrected chi connectivity index (χ0v) is 25.9. The second-order valence-corrected chi connectivity index (χ2v) is 11.5. The van der Waals surface area contributed by atoms with Crippen molar-refractivity contribution in [1.29, 1.82) is 0 Å². The molecule has 6 atom stereocenters. The van der Waals surface area contributed by atoms with Crippen molar-refractivity contribution >= 4 is 42.9 Å². The standard InChI is InChI=1S/C25H36FN6O11P/c1-7-17(33)41-20-19(15-9-10-16-22(27)28-12-29-32(15)16)43-25(26,21(20)42-18(34)8-2)11-40-44(37,30-13(3)23(35)38-5)31-14(4)24(36)39-6/h9-10,12-14,19-21H,7-8,11H2,1-6H3,(H2,27,28,29)(H2,30,31,37)/t13-,14-,19-,20-,21-,25+/m0/s1. The third-order valence-electron chi connectivity index (χ3n) is 6.53. The quantitative estimate of drug-likeness (QED) is 0.149. The average Bonchev–Trinajstić information content (AvgIpc) is 3.55. The summed E-state index contributed by atoms with van der Waals surface area (Å²) >= 11 is 0. The summed E-state index contributed by atoms with van der Waals surface area (Å²) in [5.41, 5.74) is 6.41. The highest BCUT2D eigenvalue weighted by atomic mass is 31.2. The summed E-state index contributed by atoms with van der Waals surface area (Å²) in [6.07, 6.45) is -4.12. The number of anilines is 1. The highest BCUT2D eigenvalue weighted by molar-refractivity contribution is 7.54. The second kappa shape index (κ2) is 14.4. The number of fused-ring (bicyclic) bond motifs is 1. The fraction of sp³-hybridized carbons (Fsp3) is 0.600. The van der Waals surface area contributed by atoms with Gasteiger partial charge in [0.25, 0.3) is 5.85 Å². The topological polar surface area (TPSA) is 221 Å². The Balaban J connectivity index is 2.06. The van der Waals surface area contributed by atoms with E-state index in [2.05, 4.69) is 29.7 Å². The number of nitrogens with zero attached hydrogens (tertiary/aromatic N) is 3. The molecular weight excluding hydrogens is 610 g/mol. The molecule has 0 bridgehead atoms. The van der Waals surface area contributed by atoms with Crippen LogP contribution in [0.4, 0.5) is 10.2 Å². The van der Waals surface area contributed by atoms with E-state index < -0.39 is 74.4 Å². The van der Waals surface area contributed by atoms with E-state index in [1.807, 2.05) is 0 Å². The van der Waals surface area contributed by atoms with Crippen molar-refractivity contribution in [3.63, 3.8) is 0 Å². The minimum absolute atomic E-state index is 0.0905. The van der Waals surface area contributed by atoms with Crippen LogP contribution >= 0.6 is 7.67 Å². The van der Waals surface area contributed by atoms with Crippen molar-refractivity contribution in [1.82, 2.24) is 24.8 Å². The molecule has 3 heterocycles. The lowest BCUT2D eigenvalue weighted by Crippen LogP contribution is -2.48. The maximum absolute atomic E-state index is 17.0.